The van der Waals surface area contributed by atoms with Gasteiger partial charge in [-0.3, -0.25) is 4.79 Å². The van der Waals surface area contributed by atoms with Gasteiger partial charge in [0.2, 0.25) is 0 Å². The molecule has 0 saturated heterocycles. The molecule has 2 nitrogen and oxygen atoms in total. The molecule has 0 aliphatic heterocycles. The summed E-state index contributed by atoms with van der Waals surface area (Å²) in [6.45, 7) is 2.29. The van der Waals surface area contributed by atoms with Gasteiger partial charge in [-0.25, -0.2) is 0 Å². The van der Waals surface area contributed by atoms with Crippen LogP contribution in [0.1, 0.15) is 32.6 Å². The summed E-state index contributed by atoms with van der Waals surface area (Å²) in [6.07, 6.45) is 5.40. The lowest BCUT2D eigenvalue weighted by Crippen LogP contribution is -2.62. The van der Waals surface area contributed by atoms with Crippen molar-refractivity contribution < 1.29 is 9.90 Å². The lowest BCUT2D eigenvalue weighted by molar-refractivity contribution is -0.202. The second-order valence-electron chi connectivity index (χ2n) is 5.17. The van der Waals surface area contributed by atoms with Crippen molar-refractivity contribution >= 4 is 5.78 Å². The molecule has 3 saturated carbocycles. The minimum absolute atomic E-state index is 0.222. The third-order valence-corrected chi connectivity index (χ3v) is 4.94. The smallest absolute Gasteiger partial charge is 0.165 e. The van der Waals surface area contributed by atoms with Gasteiger partial charge in [0.1, 0.15) is 0 Å². The molecule has 0 radical (unpaired) electrons. The molecule has 1 N–H and O–H groups in total. The Hall–Kier alpha value is -0.790. The van der Waals surface area contributed by atoms with E-state index in [0.717, 1.165) is 19.1 Å². The average Bonchev–Trinajstić information content (AvgIpc) is 2.40. The first kappa shape index (κ1) is 7.60. The van der Waals surface area contributed by atoms with Crippen molar-refractivity contribution in [1.29, 1.82) is 0 Å². The van der Waals surface area contributed by atoms with Crippen LogP contribution >= 0.6 is 0 Å². The van der Waals surface area contributed by atoms with E-state index in [4.69, 9.17) is 5.11 Å². The molecule has 3 unspecified atom stereocenters. The van der Waals surface area contributed by atoms with Crippen molar-refractivity contribution in [2.45, 2.75) is 32.6 Å². The maximum absolute atomic E-state index is 11.7. The number of carbonyl (C=O) groups is 1. The van der Waals surface area contributed by atoms with Crippen molar-refractivity contribution in [2.75, 3.05) is 0 Å². The van der Waals surface area contributed by atoms with Crippen LogP contribution in [0.2, 0.25) is 0 Å². The maximum atomic E-state index is 11.7. The van der Waals surface area contributed by atoms with E-state index in [1.165, 1.54) is 12.8 Å². The number of rotatable bonds is 0. The van der Waals surface area contributed by atoms with Crippen LogP contribution in [0.25, 0.3) is 0 Å². The zero-order valence-corrected chi connectivity index (χ0v) is 7.84. The van der Waals surface area contributed by atoms with Gasteiger partial charge in [-0.15, -0.1) is 0 Å². The number of ketones is 1. The quantitative estimate of drug-likeness (QED) is 0.456. The van der Waals surface area contributed by atoms with E-state index < -0.39 is 0 Å². The second kappa shape index (κ2) is 1.84. The summed E-state index contributed by atoms with van der Waals surface area (Å²) in [4.78, 5) is 11.7. The van der Waals surface area contributed by atoms with Crippen LogP contribution in [-0.2, 0) is 4.79 Å². The van der Waals surface area contributed by atoms with E-state index in [1.54, 1.807) is 0 Å². The van der Waals surface area contributed by atoms with Gasteiger partial charge in [0.15, 0.2) is 5.78 Å². The van der Waals surface area contributed by atoms with E-state index in [1.807, 2.05) is 0 Å². The zero-order chi connectivity index (χ0) is 9.27. The highest BCUT2D eigenvalue weighted by molar-refractivity contribution is 6.01. The predicted molar refractivity (Wildman–Crippen MR) is 48.2 cm³/mol. The van der Waals surface area contributed by atoms with Gasteiger partial charge in [-0.2, -0.15) is 0 Å². The number of aliphatic hydroxyl groups is 1. The van der Waals surface area contributed by atoms with Crippen molar-refractivity contribution in [3.63, 3.8) is 0 Å². The van der Waals surface area contributed by atoms with Gasteiger partial charge < -0.3 is 5.11 Å². The van der Waals surface area contributed by atoms with Gasteiger partial charge in [0.25, 0.3) is 0 Å². The molecule has 3 fully saturated rings. The monoisotopic (exact) mass is 178 g/mol. The lowest BCUT2D eigenvalue weighted by Gasteiger charge is -2.68. The summed E-state index contributed by atoms with van der Waals surface area (Å²) < 4.78 is 0. The molecule has 2 heteroatoms. The highest BCUT2D eigenvalue weighted by Gasteiger charge is 2.73. The van der Waals surface area contributed by atoms with Gasteiger partial charge in [-0.05, 0) is 36.5 Å². The number of hydrogen-bond donors (Lipinski definition) is 1. The standard InChI is InChI=1S/C11H14O2/c1-10-2-3-11(10)4-7(6-12)9(13)8(11)5-10/h6,8,12H,2-5H2,1H3/b7-6+. The molecule has 3 rings (SSSR count). The first-order valence-corrected chi connectivity index (χ1v) is 5.00. The van der Waals surface area contributed by atoms with Crippen LogP contribution in [0.5, 0.6) is 0 Å². The molecule has 70 valence electrons. The van der Waals surface area contributed by atoms with E-state index >= 15 is 0 Å². The fourth-order valence-corrected chi connectivity index (χ4v) is 3.82. The summed E-state index contributed by atoms with van der Waals surface area (Å²) >= 11 is 0. The topological polar surface area (TPSA) is 37.3 Å². The Morgan fingerprint density at radius 3 is 2.69 bits per heavy atom. The molecule has 0 aromatic heterocycles. The van der Waals surface area contributed by atoms with E-state index in [2.05, 4.69) is 6.92 Å². The van der Waals surface area contributed by atoms with Crippen LogP contribution < -0.4 is 0 Å². The molecule has 3 aliphatic carbocycles. The van der Waals surface area contributed by atoms with E-state index in [9.17, 15) is 4.79 Å². The molecule has 1 spiro atoms. The van der Waals surface area contributed by atoms with Crippen molar-refractivity contribution in [1.82, 2.24) is 0 Å². The summed E-state index contributed by atoms with van der Waals surface area (Å²) in [5, 5.41) is 8.93. The first-order valence-electron chi connectivity index (χ1n) is 5.00. The molecular formula is C11H14O2. The number of aliphatic hydroxyl groups excluding tert-OH is 1. The molecular weight excluding hydrogens is 164 g/mol. The Balaban J connectivity index is 2.02. The highest BCUT2D eigenvalue weighted by atomic mass is 16.2. The molecule has 0 bridgehead atoms. The van der Waals surface area contributed by atoms with Gasteiger partial charge >= 0.3 is 0 Å². The zero-order valence-electron chi connectivity index (χ0n) is 7.84. The van der Waals surface area contributed by atoms with E-state index in [0.29, 0.717) is 11.0 Å². The first-order chi connectivity index (χ1) is 6.13. The Kier molecular flexibility index (Phi) is 1.07. The minimum Gasteiger partial charge on any atom is -0.515 e. The minimum atomic E-state index is 0.222. The molecule has 0 heterocycles. The van der Waals surface area contributed by atoms with Crippen molar-refractivity contribution in [2.24, 2.45) is 16.7 Å². The largest absolute Gasteiger partial charge is 0.515 e. The molecule has 0 amide bonds. The van der Waals surface area contributed by atoms with E-state index in [-0.39, 0.29) is 17.1 Å². The van der Waals surface area contributed by atoms with Gasteiger partial charge in [0.05, 0.1) is 6.26 Å². The van der Waals surface area contributed by atoms with Gasteiger partial charge in [-0.1, -0.05) is 6.92 Å². The average molecular weight is 178 g/mol. The summed E-state index contributed by atoms with van der Waals surface area (Å²) in [6, 6.07) is 0. The molecule has 3 atom stereocenters. The Morgan fingerprint density at radius 1 is 1.54 bits per heavy atom. The summed E-state index contributed by atoms with van der Waals surface area (Å²) in [5.74, 6) is 0.476. The predicted octanol–water partition coefficient (Wildman–Crippen LogP) is 2.21. The third-order valence-electron chi connectivity index (χ3n) is 4.94. The third kappa shape index (κ3) is 0.560. The number of Topliss-reactive ketones (excluding diaryl/α,β-unsaturated/α-hetero) is 1. The van der Waals surface area contributed by atoms with Crippen LogP contribution in [-0.4, -0.2) is 10.9 Å². The number of allylic oxidation sites excluding steroid dienone is 1. The molecule has 0 aromatic rings. The lowest BCUT2D eigenvalue weighted by atomic mass is 9.35. The van der Waals surface area contributed by atoms with Gasteiger partial charge in [0, 0.05) is 11.5 Å². The number of carbonyl (C=O) groups excluding carboxylic acids is 1. The summed E-state index contributed by atoms with van der Waals surface area (Å²) in [5.41, 5.74) is 1.38. The van der Waals surface area contributed by atoms with Crippen LogP contribution in [0, 0.1) is 16.7 Å². The summed E-state index contributed by atoms with van der Waals surface area (Å²) in [7, 11) is 0. The fourth-order valence-electron chi connectivity index (χ4n) is 3.82. The normalized spacial score (nSPS) is 55.3. The fraction of sp³-hybridized carbons (Fsp3) is 0.727. The number of hydrogen-bond acceptors (Lipinski definition) is 2. The highest BCUT2D eigenvalue weighted by Crippen LogP contribution is 2.78. The second-order valence-corrected chi connectivity index (χ2v) is 5.17. The Labute approximate surface area is 77.6 Å². The SMILES string of the molecule is CC12CCC13C/C(=C\O)C(=O)C3C2. The van der Waals surface area contributed by atoms with Crippen LogP contribution in [0.4, 0.5) is 0 Å². The Bertz CT molecular complexity index is 331. The Morgan fingerprint density at radius 2 is 2.31 bits per heavy atom. The van der Waals surface area contributed by atoms with Crippen molar-refractivity contribution in [3.05, 3.63) is 11.8 Å². The molecule has 0 aromatic carbocycles. The maximum Gasteiger partial charge on any atom is 0.165 e. The molecule has 3 aliphatic rings. The molecule has 13 heavy (non-hydrogen) atoms. The van der Waals surface area contributed by atoms with Crippen molar-refractivity contribution in [3.8, 4) is 0 Å². The van der Waals surface area contributed by atoms with Crippen LogP contribution in [0.3, 0.4) is 0 Å². The van der Waals surface area contributed by atoms with Crippen LogP contribution in [0.15, 0.2) is 11.8 Å².